The number of nitrogen functional groups attached to an aromatic ring is 2. The van der Waals surface area contributed by atoms with E-state index in [1.807, 2.05) is 32.4 Å². The number of sulfonamides is 2. The van der Waals surface area contributed by atoms with Crippen LogP contribution in [0.15, 0.2) is 107 Å². The Hall–Kier alpha value is -6.84. The lowest BCUT2D eigenvalue weighted by Gasteiger charge is -2.11. The molecule has 0 fully saturated rings. The van der Waals surface area contributed by atoms with E-state index in [1.54, 1.807) is 10.8 Å². The van der Waals surface area contributed by atoms with Gasteiger partial charge in [-0.05, 0) is 84.6 Å². The first kappa shape index (κ1) is 48.2. The lowest BCUT2D eigenvalue weighted by atomic mass is 10.1. The lowest BCUT2D eigenvalue weighted by Crippen LogP contribution is -2.32. The van der Waals surface area contributed by atoms with Crippen molar-refractivity contribution in [3.63, 3.8) is 0 Å². The maximum absolute atomic E-state index is 14.6. The number of amides is 2. The van der Waals surface area contributed by atoms with E-state index in [9.17, 15) is 39.6 Å². The van der Waals surface area contributed by atoms with Gasteiger partial charge in [0, 0.05) is 23.3 Å². The van der Waals surface area contributed by atoms with E-state index in [4.69, 9.17) is 32.5 Å². The molecule has 0 saturated heterocycles. The van der Waals surface area contributed by atoms with Crippen LogP contribution in [0.3, 0.4) is 0 Å². The molecule has 6 rings (SSSR count). The van der Waals surface area contributed by atoms with Crippen LogP contribution in [0, 0.1) is 29.4 Å². The van der Waals surface area contributed by atoms with E-state index in [-0.39, 0.29) is 56.9 Å². The number of rotatable bonds is 14. The molecule has 0 unspecified atom stereocenters. The average molecular weight is 941 g/mol. The van der Waals surface area contributed by atoms with Crippen LogP contribution in [0.5, 0.6) is 11.5 Å². The number of nitrogens with zero attached hydrogens (tertiary/aromatic N) is 4. The minimum absolute atomic E-state index is 0.0174. The van der Waals surface area contributed by atoms with Crippen LogP contribution < -0.4 is 30.4 Å². The first-order valence-electron chi connectivity index (χ1n) is 18.9. The summed E-state index contributed by atoms with van der Waals surface area (Å²) in [6.07, 6.45) is 0. The summed E-state index contributed by atoms with van der Waals surface area (Å²) in [5.74, 6) is -3.64. The molecule has 0 spiro atoms. The van der Waals surface area contributed by atoms with Crippen molar-refractivity contribution < 1.29 is 49.1 Å². The summed E-state index contributed by atoms with van der Waals surface area (Å²) in [6.45, 7) is 8.57. The number of benzene rings is 2. The molecule has 22 heteroatoms. The number of carbonyl (C=O) groups excluding carboxylic acids is 2. The third-order valence-corrected chi connectivity index (χ3v) is 10.9. The topological polar surface area (TPSA) is 249 Å². The highest BCUT2D eigenvalue weighted by atomic mass is 35.5. The average Bonchev–Trinajstić information content (AvgIpc) is 3.21. The molecule has 0 aliphatic carbocycles. The van der Waals surface area contributed by atoms with Gasteiger partial charge >= 0.3 is 0 Å². The molecule has 4 heterocycles. The molecule has 0 aliphatic heterocycles. The van der Waals surface area contributed by atoms with Crippen LogP contribution in [0.2, 0.25) is 5.15 Å². The molecule has 2 aromatic carbocycles. The van der Waals surface area contributed by atoms with Gasteiger partial charge < -0.3 is 20.9 Å². The van der Waals surface area contributed by atoms with Gasteiger partial charge in [-0.15, -0.1) is 0 Å². The predicted octanol–water partition coefficient (Wildman–Crippen LogP) is 6.83. The Balaban J connectivity index is 0.000000241. The summed E-state index contributed by atoms with van der Waals surface area (Å²) in [7, 11) is -8.66. The van der Waals surface area contributed by atoms with Gasteiger partial charge in [0.2, 0.25) is 5.95 Å². The molecule has 6 N–H and O–H groups in total. The number of hydrogen-bond acceptors (Lipinski definition) is 14. The highest BCUT2D eigenvalue weighted by molar-refractivity contribution is 7.90. The van der Waals surface area contributed by atoms with Crippen molar-refractivity contribution >= 4 is 55.1 Å². The molecule has 0 aliphatic rings. The van der Waals surface area contributed by atoms with E-state index in [0.717, 1.165) is 18.2 Å². The quantitative estimate of drug-likeness (QED) is 0.0818. The van der Waals surface area contributed by atoms with Crippen LogP contribution in [0.1, 0.15) is 48.4 Å². The van der Waals surface area contributed by atoms with Gasteiger partial charge in [0.25, 0.3) is 31.9 Å². The molecule has 0 bridgehead atoms. The third-order valence-electron chi connectivity index (χ3n) is 8.18. The second kappa shape index (κ2) is 20.6. The highest BCUT2D eigenvalue weighted by Gasteiger charge is 2.25. The Morgan fingerprint density at radius 2 is 1.03 bits per heavy atom. The molecular formula is C42H40ClF3N8O8S2. The Labute approximate surface area is 371 Å². The number of anilines is 2. The zero-order chi connectivity index (χ0) is 46.9. The fraction of sp³-hybridized carbons (Fsp3) is 0.190. The summed E-state index contributed by atoms with van der Waals surface area (Å²) < 4.78 is 107. The fourth-order valence-corrected chi connectivity index (χ4v) is 7.39. The zero-order valence-electron chi connectivity index (χ0n) is 34.3. The van der Waals surface area contributed by atoms with Crippen LogP contribution >= 0.6 is 11.6 Å². The number of aromatic nitrogens is 4. The highest BCUT2D eigenvalue weighted by Crippen LogP contribution is 2.28. The van der Waals surface area contributed by atoms with Gasteiger partial charge in [0.1, 0.15) is 39.9 Å². The number of ether oxygens (including phenoxy) is 2. The fourth-order valence-electron chi connectivity index (χ4n) is 5.26. The Morgan fingerprint density at radius 3 is 1.44 bits per heavy atom. The van der Waals surface area contributed by atoms with E-state index in [2.05, 4.69) is 19.9 Å². The maximum Gasteiger partial charge on any atom is 0.281 e. The van der Waals surface area contributed by atoms with Crippen molar-refractivity contribution in [1.82, 2.24) is 29.4 Å². The number of nitrogens with one attached hydrogen (secondary N) is 2. The standard InChI is InChI=1S/C21H20ClFN4O4S.C21H20F2N4O4S/c1-12(2)11-31-15-9-13(8-14(23)10-15)17-7-6-16(20(22)25-17)21(28)27-32(29,30)19-5-3-4-18(24)26-19;1-12(2)11-31-15-9-13(8-14(22)10-15)17-7-6-16(20(23)25-17)21(28)27-32(29,30)19-5-3-4-18(24)26-19/h2*3-10,12H,11H2,1-2H3,(H2,24,26)(H,27,28). The first-order chi connectivity index (χ1) is 30.1. The summed E-state index contributed by atoms with van der Waals surface area (Å²) >= 11 is 6.13. The normalized spacial score (nSPS) is 11.4. The number of hydrogen-bond donors (Lipinski definition) is 4. The number of carbonyl (C=O) groups is 2. The van der Waals surface area contributed by atoms with Crippen molar-refractivity contribution in [1.29, 1.82) is 0 Å². The first-order valence-corrected chi connectivity index (χ1v) is 22.2. The Kier molecular flexibility index (Phi) is 15.5. The van der Waals surface area contributed by atoms with Crippen LogP contribution in [-0.2, 0) is 20.0 Å². The zero-order valence-corrected chi connectivity index (χ0v) is 36.7. The van der Waals surface area contributed by atoms with Crippen LogP contribution in [0.25, 0.3) is 22.5 Å². The Bertz CT molecular complexity index is 2730. The molecule has 0 saturated carbocycles. The molecule has 64 heavy (non-hydrogen) atoms. The molecule has 336 valence electrons. The van der Waals surface area contributed by atoms with Crippen LogP contribution in [0.4, 0.5) is 24.8 Å². The van der Waals surface area contributed by atoms with E-state index in [0.29, 0.717) is 24.5 Å². The smallest absolute Gasteiger partial charge is 0.281 e. The lowest BCUT2D eigenvalue weighted by molar-refractivity contribution is 0.0969. The summed E-state index contributed by atoms with van der Waals surface area (Å²) in [6, 6.07) is 20.8. The summed E-state index contributed by atoms with van der Waals surface area (Å²) in [5.41, 5.74) is 11.1. The predicted molar refractivity (Wildman–Crippen MR) is 231 cm³/mol. The second-order valence-electron chi connectivity index (χ2n) is 14.5. The van der Waals surface area contributed by atoms with Crippen LogP contribution in [-0.4, -0.2) is 61.8 Å². The number of nitrogens with two attached hydrogens (primary N) is 2. The van der Waals surface area contributed by atoms with Crippen molar-refractivity contribution in [2.24, 2.45) is 11.8 Å². The van der Waals surface area contributed by atoms with Gasteiger partial charge in [-0.25, -0.2) is 38.2 Å². The van der Waals surface area contributed by atoms with Crippen molar-refractivity contribution in [3.8, 4) is 34.0 Å². The summed E-state index contributed by atoms with van der Waals surface area (Å²) in [5, 5.41) is -1.17. The van der Waals surface area contributed by atoms with E-state index >= 15 is 0 Å². The van der Waals surface area contributed by atoms with E-state index < -0.39 is 65.1 Å². The third kappa shape index (κ3) is 13.1. The molecular weight excluding hydrogens is 901 g/mol. The van der Waals surface area contributed by atoms with Gasteiger partial charge in [0.05, 0.1) is 35.7 Å². The maximum atomic E-state index is 14.6. The molecule has 4 aromatic heterocycles. The molecule has 6 aromatic rings. The van der Waals surface area contributed by atoms with Gasteiger partial charge in [-0.2, -0.15) is 21.2 Å². The van der Waals surface area contributed by atoms with Crippen molar-refractivity contribution in [2.75, 3.05) is 24.7 Å². The molecule has 0 radical (unpaired) electrons. The minimum Gasteiger partial charge on any atom is -0.493 e. The monoisotopic (exact) mass is 940 g/mol. The van der Waals surface area contributed by atoms with Gasteiger partial charge in [-0.1, -0.05) is 51.4 Å². The van der Waals surface area contributed by atoms with Crippen molar-refractivity contribution in [2.45, 2.75) is 37.7 Å². The van der Waals surface area contributed by atoms with Gasteiger partial charge in [-0.3, -0.25) is 9.59 Å². The van der Waals surface area contributed by atoms with E-state index in [1.165, 1.54) is 72.8 Å². The SMILES string of the molecule is CC(C)COc1cc(F)cc(-c2ccc(C(=O)NS(=O)(=O)c3cccc(N)n3)c(Cl)n2)c1.CC(C)COc1cc(F)cc(-c2ccc(C(=O)NS(=O)(=O)c3cccc(N)n3)c(F)n2)c1. The molecule has 0 atom stereocenters. The number of pyridine rings is 4. The Morgan fingerprint density at radius 1 is 0.609 bits per heavy atom. The minimum atomic E-state index is -4.39. The summed E-state index contributed by atoms with van der Waals surface area (Å²) in [4.78, 5) is 39.9. The largest absolute Gasteiger partial charge is 0.493 e. The molecule has 2 amide bonds. The van der Waals surface area contributed by atoms with Gasteiger partial charge in [0.15, 0.2) is 10.1 Å². The van der Waals surface area contributed by atoms with Crippen molar-refractivity contribution in [3.05, 3.63) is 131 Å². The number of halogens is 4. The molecule has 16 nitrogen and oxygen atoms in total. The second-order valence-corrected chi connectivity index (χ2v) is 18.1.